The Morgan fingerprint density at radius 3 is 2.81 bits per heavy atom. The maximum absolute atomic E-state index is 13.1. The first-order valence-electron chi connectivity index (χ1n) is 9.64. The van der Waals surface area contributed by atoms with Gasteiger partial charge in [-0.1, -0.05) is 18.2 Å². The van der Waals surface area contributed by atoms with E-state index in [1.54, 1.807) is 11.3 Å². The quantitative estimate of drug-likeness (QED) is 0.801. The topological polar surface area (TPSA) is 49.6 Å². The van der Waals surface area contributed by atoms with E-state index in [4.69, 9.17) is 5.73 Å². The molecular weight excluding hydrogens is 361 g/mol. The molecule has 4 rings (SSSR count). The summed E-state index contributed by atoms with van der Waals surface area (Å²) in [6, 6.07) is 2.40. The molecule has 3 heterocycles. The van der Waals surface area contributed by atoms with Crippen LogP contribution >= 0.6 is 20.6 Å². The third-order valence-corrected chi connectivity index (χ3v) is 7.59. The number of nitrogens with two attached hydrogens (primary N) is 1. The van der Waals surface area contributed by atoms with E-state index in [2.05, 4.69) is 37.3 Å². The predicted molar refractivity (Wildman–Crippen MR) is 113 cm³/mol. The number of hydrogen-bond donors (Lipinski definition) is 1. The largest absolute Gasteiger partial charge is 0.398 e. The SMILES string of the molecule is Nc1csc(C2=CCC(C(=O)N3CCCC3CN3CCC[C@H]3P)C=C2)c1. The van der Waals surface area contributed by atoms with Crippen LogP contribution in [0.3, 0.4) is 0 Å². The van der Waals surface area contributed by atoms with Gasteiger partial charge in [0, 0.05) is 40.9 Å². The van der Waals surface area contributed by atoms with Crippen LogP contribution in [-0.2, 0) is 4.79 Å². The van der Waals surface area contributed by atoms with Gasteiger partial charge in [-0.05, 0) is 50.3 Å². The number of anilines is 1. The fraction of sp³-hybridized carbons (Fsp3) is 0.550. The molecule has 0 bridgehead atoms. The molecule has 2 N–H and O–H groups in total. The van der Waals surface area contributed by atoms with Gasteiger partial charge in [-0.25, -0.2) is 0 Å². The Morgan fingerprint density at radius 2 is 2.15 bits per heavy atom. The van der Waals surface area contributed by atoms with E-state index in [1.807, 2.05) is 11.4 Å². The number of carbonyl (C=O) groups excluding carboxylic acids is 1. The Hall–Kier alpha value is -1.16. The molecule has 1 aromatic heterocycles. The minimum Gasteiger partial charge on any atom is -0.398 e. The predicted octanol–water partition coefficient (Wildman–Crippen LogP) is 3.58. The maximum Gasteiger partial charge on any atom is 0.230 e. The highest BCUT2D eigenvalue weighted by molar-refractivity contribution is 7.17. The summed E-state index contributed by atoms with van der Waals surface area (Å²) in [7, 11) is 2.97. The van der Waals surface area contributed by atoms with Crippen molar-refractivity contribution in [2.45, 2.75) is 43.9 Å². The molecule has 0 radical (unpaired) electrons. The summed E-state index contributed by atoms with van der Waals surface area (Å²) in [4.78, 5) is 19.0. The number of rotatable bonds is 4. The van der Waals surface area contributed by atoms with Crippen molar-refractivity contribution >= 4 is 37.7 Å². The van der Waals surface area contributed by atoms with E-state index in [0.717, 1.165) is 38.0 Å². The molecule has 2 saturated heterocycles. The summed E-state index contributed by atoms with van der Waals surface area (Å²) in [5.74, 6) is 0.886. The highest BCUT2D eigenvalue weighted by atomic mass is 32.1. The first-order chi connectivity index (χ1) is 12.6. The van der Waals surface area contributed by atoms with Gasteiger partial charge in [0.25, 0.3) is 0 Å². The molecule has 0 saturated carbocycles. The zero-order valence-electron chi connectivity index (χ0n) is 15.1. The van der Waals surface area contributed by atoms with Crippen LogP contribution < -0.4 is 5.73 Å². The third kappa shape index (κ3) is 3.76. The van der Waals surface area contributed by atoms with Gasteiger partial charge in [-0.3, -0.25) is 9.69 Å². The maximum atomic E-state index is 13.1. The molecule has 4 atom stereocenters. The molecule has 3 aliphatic rings. The Balaban J connectivity index is 1.38. The van der Waals surface area contributed by atoms with Crippen LogP contribution in [0.5, 0.6) is 0 Å². The molecule has 3 unspecified atom stereocenters. The van der Waals surface area contributed by atoms with Crippen molar-refractivity contribution in [2.24, 2.45) is 5.92 Å². The molecule has 4 nitrogen and oxygen atoms in total. The molecule has 2 aliphatic heterocycles. The van der Waals surface area contributed by atoms with Gasteiger partial charge in [-0.15, -0.1) is 20.6 Å². The standard InChI is InChI=1S/C20H28N3OPS/c21-16-11-18(26-13-16)14-5-7-15(8-6-14)20(24)23-10-1-3-17(23)12-22-9-2-4-19(22)25/h5-7,11,13,15,17,19H,1-4,8-10,12,21,25H2/t15?,17?,19-/m1/s1. The van der Waals surface area contributed by atoms with E-state index in [-0.39, 0.29) is 5.92 Å². The summed E-state index contributed by atoms with van der Waals surface area (Å²) in [5, 5.41) is 1.97. The Kier molecular flexibility index (Phi) is 5.49. The smallest absolute Gasteiger partial charge is 0.230 e. The summed E-state index contributed by atoms with van der Waals surface area (Å²) >= 11 is 1.66. The summed E-state index contributed by atoms with van der Waals surface area (Å²) in [6.45, 7) is 3.12. The number of nitrogen functional groups attached to an aromatic ring is 1. The molecule has 2 fully saturated rings. The Bertz CT molecular complexity index is 728. The van der Waals surface area contributed by atoms with Gasteiger partial charge in [0.1, 0.15) is 0 Å². The minimum atomic E-state index is -0.0120. The summed E-state index contributed by atoms with van der Waals surface area (Å²) in [6.07, 6.45) is 12.0. The highest BCUT2D eigenvalue weighted by Crippen LogP contribution is 2.32. The zero-order chi connectivity index (χ0) is 18.1. The number of allylic oxidation sites excluding steroid dienone is 3. The fourth-order valence-corrected chi connectivity index (χ4v) is 5.70. The van der Waals surface area contributed by atoms with E-state index < -0.39 is 0 Å². The van der Waals surface area contributed by atoms with E-state index >= 15 is 0 Å². The lowest BCUT2D eigenvalue weighted by Gasteiger charge is -2.32. The van der Waals surface area contributed by atoms with Crippen LogP contribution in [-0.4, -0.2) is 47.2 Å². The van der Waals surface area contributed by atoms with Crippen molar-refractivity contribution in [3.63, 3.8) is 0 Å². The van der Waals surface area contributed by atoms with E-state index in [9.17, 15) is 4.79 Å². The first kappa shape index (κ1) is 18.2. The fourth-order valence-electron chi connectivity index (χ4n) is 4.37. The number of hydrogen-bond acceptors (Lipinski definition) is 4. The van der Waals surface area contributed by atoms with Crippen LogP contribution in [0.4, 0.5) is 5.69 Å². The van der Waals surface area contributed by atoms with Gasteiger partial charge in [0.15, 0.2) is 0 Å². The van der Waals surface area contributed by atoms with Crippen LogP contribution in [0.15, 0.2) is 29.7 Å². The van der Waals surface area contributed by atoms with Gasteiger partial charge < -0.3 is 10.6 Å². The normalized spacial score (nSPS) is 29.3. The third-order valence-electron chi connectivity index (χ3n) is 5.84. The number of thiophene rings is 1. The van der Waals surface area contributed by atoms with Gasteiger partial charge >= 0.3 is 0 Å². The molecule has 0 aromatic carbocycles. The second-order valence-electron chi connectivity index (χ2n) is 7.64. The zero-order valence-corrected chi connectivity index (χ0v) is 17.1. The van der Waals surface area contributed by atoms with Gasteiger partial charge in [0.05, 0.1) is 5.92 Å². The Labute approximate surface area is 162 Å². The lowest BCUT2D eigenvalue weighted by molar-refractivity contribution is -0.135. The monoisotopic (exact) mass is 389 g/mol. The molecule has 1 amide bonds. The van der Waals surface area contributed by atoms with Crippen molar-refractivity contribution in [1.82, 2.24) is 9.80 Å². The Morgan fingerprint density at radius 1 is 1.31 bits per heavy atom. The second kappa shape index (κ2) is 7.84. The minimum absolute atomic E-state index is 0.0120. The number of nitrogens with zero attached hydrogens (tertiary/aromatic N) is 2. The molecule has 140 valence electrons. The first-order valence-corrected chi connectivity index (χ1v) is 11.2. The van der Waals surface area contributed by atoms with Gasteiger partial charge in [0.2, 0.25) is 5.91 Å². The molecule has 1 aliphatic carbocycles. The van der Waals surface area contributed by atoms with E-state index in [0.29, 0.717) is 17.7 Å². The molecule has 26 heavy (non-hydrogen) atoms. The van der Waals surface area contributed by atoms with Crippen molar-refractivity contribution in [3.05, 3.63) is 34.6 Å². The average Bonchev–Trinajstić information content (AvgIpc) is 3.38. The lowest BCUT2D eigenvalue weighted by atomic mass is 9.94. The van der Waals surface area contributed by atoms with Crippen LogP contribution in [0, 0.1) is 5.92 Å². The van der Waals surface area contributed by atoms with Crippen molar-refractivity contribution in [1.29, 1.82) is 0 Å². The lowest BCUT2D eigenvalue weighted by Crippen LogP contribution is -2.45. The number of amides is 1. The average molecular weight is 390 g/mol. The van der Waals surface area contributed by atoms with Crippen LogP contribution in [0.1, 0.15) is 37.0 Å². The van der Waals surface area contributed by atoms with Crippen LogP contribution in [0.2, 0.25) is 0 Å². The number of carbonyl (C=O) groups is 1. The van der Waals surface area contributed by atoms with E-state index in [1.165, 1.54) is 29.8 Å². The molecule has 6 heteroatoms. The summed E-state index contributed by atoms with van der Waals surface area (Å²) < 4.78 is 0. The van der Waals surface area contributed by atoms with Gasteiger partial charge in [-0.2, -0.15) is 0 Å². The van der Waals surface area contributed by atoms with Crippen molar-refractivity contribution in [2.75, 3.05) is 25.4 Å². The number of likely N-dealkylation sites (tertiary alicyclic amines) is 2. The van der Waals surface area contributed by atoms with Crippen molar-refractivity contribution in [3.8, 4) is 0 Å². The highest BCUT2D eigenvalue weighted by Gasteiger charge is 2.35. The van der Waals surface area contributed by atoms with Crippen LogP contribution in [0.25, 0.3) is 5.57 Å². The molecule has 0 spiro atoms. The van der Waals surface area contributed by atoms with Crippen molar-refractivity contribution < 1.29 is 4.79 Å². The second-order valence-corrected chi connectivity index (χ2v) is 9.32. The molecule has 1 aromatic rings. The molecular formula is C20H28N3OPS. The summed E-state index contributed by atoms with van der Waals surface area (Å²) in [5.41, 5.74) is 7.83.